The number of carbonyl (C=O) groups excluding carboxylic acids is 2. The predicted molar refractivity (Wildman–Crippen MR) is 106 cm³/mol. The van der Waals surface area contributed by atoms with Gasteiger partial charge in [-0.25, -0.2) is 4.79 Å². The van der Waals surface area contributed by atoms with Gasteiger partial charge in [0.25, 0.3) is 0 Å². The van der Waals surface area contributed by atoms with Crippen molar-refractivity contribution in [3.63, 3.8) is 0 Å². The highest BCUT2D eigenvalue weighted by molar-refractivity contribution is 5.94. The Labute approximate surface area is 170 Å². The monoisotopic (exact) mass is 401 g/mol. The van der Waals surface area contributed by atoms with E-state index in [0.717, 1.165) is 16.8 Å². The highest BCUT2D eigenvalue weighted by atomic mass is 16.5. The van der Waals surface area contributed by atoms with Gasteiger partial charge in [0, 0.05) is 30.3 Å². The Balaban J connectivity index is 2.16. The molecule has 0 N–H and O–H groups in total. The quantitative estimate of drug-likeness (QED) is 0.701. The van der Waals surface area contributed by atoms with E-state index in [9.17, 15) is 9.59 Å². The summed E-state index contributed by atoms with van der Waals surface area (Å²) < 4.78 is 21.0. The van der Waals surface area contributed by atoms with Crippen molar-refractivity contribution in [3.05, 3.63) is 52.7 Å². The number of benzene rings is 1. The van der Waals surface area contributed by atoms with E-state index in [0.29, 0.717) is 37.6 Å². The van der Waals surface area contributed by atoms with Crippen LogP contribution >= 0.6 is 0 Å². The van der Waals surface area contributed by atoms with Crippen LogP contribution in [0.15, 0.2) is 47.2 Å². The topological polar surface area (TPSA) is 74.3 Å². The standard InChI is InChI=1S/C22H27NO6/c1-14-13-17(23-9-11-29-12-10-23)20(22(25)28-4)19(18(14)21(24)27-3)15-5-7-16(26-2)8-6-15/h5-8,13,19-20H,9-12H2,1-4H3/t19-,20+/m0/s1. The van der Waals surface area contributed by atoms with Crippen molar-refractivity contribution in [2.45, 2.75) is 12.8 Å². The Bertz CT molecular complexity index is 820. The van der Waals surface area contributed by atoms with Crippen LogP contribution in [0.25, 0.3) is 0 Å². The number of nitrogens with zero attached hydrogens (tertiary/aromatic N) is 1. The van der Waals surface area contributed by atoms with Gasteiger partial charge in [0.1, 0.15) is 11.7 Å². The number of carbonyl (C=O) groups is 2. The molecule has 1 aromatic rings. The molecular weight excluding hydrogens is 374 g/mol. The lowest BCUT2D eigenvalue weighted by Gasteiger charge is -2.40. The van der Waals surface area contributed by atoms with Gasteiger partial charge in [0.15, 0.2) is 0 Å². The minimum Gasteiger partial charge on any atom is -0.497 e. The molecule has 2 atom stereocenters. The van der Waals surface area contributed by atoms with Crippen LogP contribution in [0.4, 0.5) is 0 Å². The fourth-order valence-electron chi connectivity index (χ4n) is 4.03. The van der Waals surface area contributed by atoms with Crippen LogP contribution in [0.1, 0.15) is 18.4 Å². The third-order valence-electron chi connectivity index (χ3n) is 5.46. The van der Waals surface area contributed by atoms with Crippen molar-refractivity contribution in [1.29, 1.82) is 0 Å². The van der Waals surface area contributed by atoms with Crippen molar-refractivity contribution in [1.82, 2.24) is 4.90 Å². The van der Waals surface area contributed by atoms with Gasteiger partial charge >= 0.3 is 11.9 Å². The minimum atomic E-state index is -0.663. The zero-order valence-electron chi connectivity index (χ0n) is 17.3. The van der Waals surface area contributed by atoms with E-state index in [4.69, 9.17) is 18.9 Å². The molecule has 156 valence electrons. The van der Waals surface area contributed by atoms with Gasteiger partial charge in [0.05, 0.1) is 34.5 Å². The lowest BCUT2D eigenvalue weighted by atomic mass is 9.73. The Morgan fingerprint density at radius 2 is 1.69 bits per heavy atom. The Hall–Kier alpha value is -2.80. The molecule has 0 radical (unpaired) electrons. The molecule has 1 heterocycles. The summed E-state index contributed by atoms with van der Waals surface area (Å²) in [5, 5.41) is 0. The molecule has 2 aliphatic rings. The largest absolute Gasteiger partial charge is 0.497 e. The molecule has 0 spiro atoms. The van der Waals surface area contributed by atoms with E-state index in [-0.39, 0.29) is 0 Å². The van der Waals surface area contributed by atoms with Crippen LogP contribution in [-0.4, -0.2) is 64.5 Å². The summed E-state index contributed by atoms with van der Waals surface area (Å²) in [5.41, 5.74) is 2.90. The van der Waals surface area contributed by atoms with Crippen molar-refractivity contribution in [2.75, 3.05) is 47.6 Å². The average Bonchev–Trinajstić information content (AvgIpc) is 2.78. The van der Waals surface area contributed by atoms with Gasteiger partial charge in [0.2, 0.25) is 0 Å². The lowest BCUT2D eigenvalue weighted by molar-refractivity contribution is -0.145. The highest BCUT2D eigenvalue weighted by Crippen LogP contribution is 2.44. The molecular formula is C22H27NO6. The summed E-state index contributed by atoms with van der Waals surface area (Å²) >= 11 is 0. The summed E-state index contributed by atoms with van der Waals surface area (Å²) in [6, 6.07) is 7.39. The lowest BCUT2D eigenvalue weighted by Crippen LogP contribution is -2.43. The molecule has 7 nitrogen and oxygen atoms in total. The first-order valence-electron chi connectivity index (χ1n) is 9.57. The zero-order chi connectivity index (χ0) is 21.0. The van der Waals surface area contributed by atoms with Crippen molar-refractivity contribution in [3.8, 4) is 5.75 Å². The molecule has 0 aromatic heterocycles. The van der Waals surface area contributed by atoms with Gasteiger partial charge in [-0.05, 0) is 36.3 Å². The maximum absolute atomic E-state index is 13.0. The van der Waals surface area contributed by atoms with E-state index in [1.54, 1.807) is 7.11 Å². The predicted octanol–water partition coefficient (Wildman–Crippen LogP) is 2.29. The van der Waals surface area contributed by atoms with Crippen LogP contribution in [0.3, 0.4) is 0 Å². The molecule has 0 bridgehead atoms. The second-order valence-electron chi connectivity index (χ2n) is 7.01. The number of morpholine rings is 1. The molecule has 1 saturated heterocycles. The average molecular weight is 401 g/mol. The number of methoxy groups -OCH3 is 3. The summed E-state index contributed by atoms with van der Waals surface area (Å²) in [6.45, 7) is 4.40. The van der Waals surface area contributed by atoms with E-state index in [1.165, 1.54) is 14.2 Å². The Kier molecular flexibility index (Phi) is 6.59. The van der Waals surface area contributed by atoms with Crippen LogP contribution in [0.5, 0.6) is 5.75 Å². The van der Waals surface area contributed by atoms with E-state index in [1.807, 2.05) is 37.3 Å². The van der Waals surface area contributed by atoms with Gasteiger partial charge in [-0.15, -0.1) is 0 Å². The third kappa shape index (κ3) is 4.15. The zero-order valence-corrected chi connectivity index (χ0v) is 17.3. The molecule has 1 fully saturated rings. The Morgan fingerprint density at radius 1 is 1.03 bits per heavy atom. The molecule has 3 rings (SSSR count). The molecule has 0 saturated carbocycles. The van der Waals surface area contributed by atoms with E-state index in [2.05, 4.69) is 4.90 Å². The van der Waals surface area contributed by atoms with Crippen LogP contribution in [0, 0.1) is 5.92 Å². The molecule has 7 heteroatoms. The van der Waals surface area contributed by atoms with Gasteiger partial charge in [-0.1, -0.05) is 12.1 Å². The van der Waals surface area contributed by atoms with Crippen LogP contribution in [0.2, 0.25) is 0 Å². The number of ether oxygens (including phenoxy) is 4. The number of esters is 2. The van der Waals surface area contributed by atoms with Gasteiger partial charge < -0.3 is 23.8 Å². The fourth-order valence-corrected chi connectivity index (χ4v) is 4.03. The van der Waals surface area contributed by atoms with Crippen molar-refractivity contribution >= 4 is 11.9 Å². The number of hydrogen-bond donors (Lipinski definition) is 0. The molecule has 1 aliphatic carbocycles. The smallest absolute Gasteiger partial charge is 0.334 e. The van der Waals surface area contributed by atoms with Gasteiger partial charge in [-0.3, -0.25) is 4.79 Å². The molecule has 29 heavy (non-hydrogen) atoms. The van der Waals surface area contributed by atoms with Crippen LogP contribution in [-0.2, 0) is 23.8 Å². The SMILES string of the molecule is COC(=O)C1=C(C)C=C(N2CCOCC2)[C@@H](C(=O)OC)[C@H]1c1ccc(OC)cc1. The molecule has 0 unspecified atom stereocenters. The fraction of sp³-hybridized carbons (Fsp3) is 0.455. The number of allylic oxidation sites excluding steroid dienone is 2. The summed E-state index contributed by atoms with van der Waals surface area (Å²) in [6.07, 6.45) is 1.90. The molecule has 1 aliphatic heterocycles. The second-order valence-corrected chi connectivity index (χ2v) is 7.01. The Morgan fingerprint density at radius 3 is 2.24 bits per heavy atom. The first-order valence-corrected chi connectivity index (χ1v) is 9.57. The van der Waals surface area contributed by atoms with E-state index < -0.39 is 23.8 Å². The summed E-state index contributed by atoms with van der Waals surface area (Å²) in [5.74, 6) is -1.33. The maximum Gasteiger partial charge on any atom is 0.334 e. The summed E-state index contributed by atoms with van der Waals surface area (Å²) in [7, 11) is 4.31. The minimum absolute atomic E-state index is 0.391. The number of hydrogen-bond acceptors (Lipinski definition) is 7. The van der Waals surface area contributed by atoms with E-state index >= 15 is 0 Å². The first-order chi connectivity index (χ1) is 14.0. The van der Waals surface area contributed by atoms with Gasteiger partial charge in [-0.2, -0.15) is 0 Å². The molecule has 1 aromatic carbocycles. The second kappa shape index (κ2) is 9.13. The first kappa shape index (κ1) is 20.9. The maximum atomic E-state index is 13.0. The van der Waals surface area contributed by atoms with Crippen molar-refractivity contribution in [2.24, 2.45) is 5.92 Å². The molecule has 0 amide bonds. The third-order valence-corrected chi connectivity index (χ3v) is 5.46. The highest BCUT2D eigenvalue weighted by Gasteiger charge is 2.44. The number of rotatable bonds is 5. The summed E-state index contributed by atoms with van der Waals surface area (Å²) in [4.78, 5) is 27.8. The van der Waals surface area contributed by atoms with Crippen molar-refractivity contribution < 1.29 is 28.5 Å². The normalized spacial score (nSPS) is 22.1. The van der Waals surface area contributed by atoms with Crippen LogP contribution < -0.4 is 4.74 Å².